The van der Waals surface area contributed by atoms with Gasteiger partial charge >= 0.3 is 5.97 Å². The van der Waals surface area contributed by atoms with Crippen LogP contribution >= 0.6 is 0 Å². The van der Waals surface area contributed by atoms with Crippen molar-refractivity contribution in [2.75, 3.05) is 7.11 Å². The maximum atomic E-state index is 11.6. The van der Waals surface area contributed by atoms with E-state index in [1.807, 2.05) is 0 Å². The summed E-state index contributed by atoms with van der Waals surface area (Å²) < 4.78 is 10.2. The van der Waals surface area contributed by atoms with Crippen LogP contribution in [0.2, 0.25) is 0 Å². The monoisotopic (exact) mass is 289 g/mol. The number of esters is 1. The van der Waals surface area contributed by atoms with E-state index in [9.17, 15) is 9.90 Å². The van der Waals surface area contributed by atoms with Gasteiger partial charge in [-0.05, 0) is 26.0 Å². The van der Waals surface area contributed by atoms with Crippen molar-refractivity contribution in [3.8, 4) is 22.9 Å². The normalized spacial score (nSPS) is 11.0. The van der Waals surface area contributed by atoms with E-state index in [2.05, 4.69) is 19.7 Å². The molecule has 1 N–H and O–H groups in total. The second-order valence-corrected chi connectivity index (χ2v) is 4.74. The molecule has 21 heavy (non-hydrogen) atoms. The molecule has 0 saturated heterocycles. The second kappa shape index (κ2) is 5.74. The summed E-state index contributed by atoms with van der Waals surface area (Å²) in [6, 6.07) is 4.61. The van der Waals surface area contributed by atoms with Crippen LogP contribution in [-0.2, 0) is 9.53 Å². The topological polar surface area (TPSA) is 94.4 Å². The van der Waals surface area contributed by atoms with Gasteiger partial charge in [-0.3, -0.25) is 0 Å². The average Bonchev–Trinajstić information content (AvgIpc) is 2.47. The molecule has 0 amide bonds. The number of carbonyl (C=O) groups is 1. The van der Waals surface area contributed by atoms with Gasteiger partial charge in [0.2, 0.25) is 0 Å². The van der Waals surface area contributed by atoms with Crippen LogP contribution in [0, 0.1) is 0 Å². The maximum Gasteiger partial charge on any atom is 0.349 e. The molecule has 110 valence electrons. The quantitative estimate of drug-likeness (QED) is 0.854. The first-order chi connectivity index (χ1) is 9.94. The molecule has 0 bridgehead atoms. The van der Waals surface area contributed by atoms with E-state index >= 15 is 0 Å². The highest BCUT2D eigenvalue weighted by Crippen LogP contribution is 2.31. The van der Waals surface area contributed by atoms with Crippen molar-refractivity contribution in [2.45, 2.75) is 19.4 Å². The van der Waals surface area contributed by atoms with Gasteiger partial charge < -0.3 is 14.6 Å². The highest BCUT2D eigenvalue weighted by atomic mass is 16.6. The molecule has 2 aromatic rings. The molecule has 0 aliphatic heterocycles. The van der Waals surface area contributed by atoms with E-state index in [4.69, 9.17) is 4.74 Å². The lowest BCUT2D eigenvalue weighted by Crippen LogP contribution is -2.39. The summed E-state index contributed by atoms with van der Waals surface area (Å²) in [5.41, 5.74) is -0.712. The molecule has 7 heteroatoms. The SMILES string of the molecule is COC(=O)C(C)(C)Oc1ccc(-c2ncncn2)c(O)c1. The molecule has 1 heterocycles. The van der Waals surface area contributed by atoms with Gasteiger partial charge in [-0.1, -0.05) is 0 Å². The lowest BCUT2D eigenvalue weighted by Gasteiger charge is -2.23. The summed E-state index contributed by atoms with van der Waals surface area (Å²) in [7, 11) is 1.29. The summed E-state index contributed by atoms with van der Waals surface area (Å²) >= 11 is 0. The lowest BCUT2D eigenvalue weighted by atomic mass is 10.1. The number of nitrogens with zero attached hydrogens (tertiary/aromatic N) is 3. The number of phenolic OH excluding ortho intramolecular Hbond substituents is 1. The number of carbonyl (C=O) groups excluding carboxylic acids is 1. The highest BCUT2D eigenvalue weighted by molar-refractivity contribution is 5.79. The molecule has 0 saturated carbocycles. The Labute approximate surface area is 121 Å². The molecule has 0 fully saturated rings. The number of methoxy groups -OCH3 is 1. The third kappa shape index (κ3) is 3.25. The van der Waals surface area contributed by atoms with Gasteiger partial charge in [0.1, 0.15) is 24.2 Å². The Balaban J connectivity index is 2.26. The zero-order valence-corrected chi connectivity index (χ0v) is 11.9. The smallest absolute Gasteiger partial charge is 0.349 e. The number of aromatic hydroxyl groups is 1. The second-order valence-electron chi connectivity index (χ2n) is 4.74. The van der Waals surface area contributed by atoms with Crippen molar-refractivity contribution in [2.24, 2.45) is 0 Å². The first kappa shape index (κ1) is 14.7. The van der Waals surface area contributed by atoms with Gasteiger partial charge in [-0.2, -0.15) is 0 Å². The Kier molecular flexibility index (Phi) is 4.02. The number of hydrogen-bond acceptors (Lipinski definition) is 7. The van der Waals surface area contributed by atoms with Gasteiger partial charge in [0.05, 0.1) is 12.7 Å². The van der Waals surface area contributed by atoms with Crippen molar-refractivity contribution in [1.29, 1.82) is 0 Å². The van der Waals surface area contributed by atoms with Crippen molar-refractivity contribution in [3.05, 3.63) is 30.9 Å². The summed E-state index contributed by atoms with van der Waals surface area (Å²) in [5.74, 6) is 0.116. The molecule has 0 spiro atoms. The van der Waals surface area contributed by atoms with Crippen molar-refractivity contribution in [1.82, 2.24) is 15.0 Å². The fourth-order valence-corrected chi connectivity index (χ4v) is 1.72. The molecule has 0 unspecified atom stereocenters. The Bertz CT molecular complexity index is 644. The summed E-state index contributed by atoms with van der Waals surface area (Å²) in [6.45, 7) is 3.16. The Hall–Kier alpha value is -2.70. The number of rotatable bonds is 4. The molecular formula is C14H15N3O4. The van der Waals surface area contributed by atoms with Gasteiger partial charge in [0.25, 0.3) is 0 Å². The van der Waals surface area contributed by atoms with E-state index in [-0.39, 0.29) is 5.75 Å². The minimum atomic E-state index is -1.16. The van der Waals surface area contributed by atoms with E-state index in [1.54, 1.807) is 26.0 Å². The predicted octanol–water partition coefficient (Wildman–Crippen LogP) is 1.57. The van der Waals surface area contributed by atoms with E-state index in [0.29, 0.717) is 17.1 Å². The largest absolute Gasteiger partial charge is 0.507 e. The molecule has 2 rings (SSSR count). The number of ether oxygens (including phenoxy) is 2. The maximum absolute atomic E-state index is 11.6. The molecule has 0 radical (unpaired) electrons. The zero-order chi connectivity index (χ0) is 15.5. The van der Waals surface area contributed by atoms with Crippen molar-refractivity contribution >= 4 is 5.97 Å². The van der Waals surface area contributed by atoms with E-state index in [0.717, 1.165) is 0 Å². The van der Waals surface area contributed by atoms with Gasteiger partial charge in [0.15, 0.2) is 11.4 Å². The Morgan fingerprint density at radius 3 is 2.48 bits per heavy atom. The number of benzene rings is 1. The molecule has 0 aliphatic rings. The molecule has 0 aliphatic carbocycles. The van der Waals surface area contributed by atoms with Crippen LogP contribution < -0.4 is 4.74 Å². The van der Waals surface area contributed by atoms with Crippen molar-refractivity contribution < 1.29 is 19.4 Å². The van der Waals surface area contributed by atoms with Gasteiger partial charge in [0, 0.05) is 6.07 Å². The van der Waals surface area contributed by atoms with Crippen LogP contribution in [0.15, 0.2) is 30.9 Å². The lowest BCUT2D eigenvalue weighted by molar-refractivity contribution is -0.156. The Morgan fingerprint density at radius 1 is 1.24 bits per heavy atom. The van der Waals surface area contributed by atoms with Crippen LogP contribution in [-0.4, -0.2) is 38.7 Å². The van der Waals surface area contributed by atoms with Gasteiger partial charge in [-0.15, -0.1) is 0 Å². The molecule has 1 aromatic carbocycles. The third-order valence-corrected chi connectivity index (χ3v) is 2.75. The molecule has 0 atom stereocenters. The Morgan fingerprint density at radius 2 is 1.90 bits per heavy atom. The number of phenols is 1. The summed E-state index contributed by atoms with van der Waals surface area (Å²) in [5, 5.41) is 10.0. The first-order valence-electron chi connectivity index (χ1n) is 6.17. The number of hydrogen-bond donors (Lipinski definition) is 1. The predicted molar refractivity (Wildman–Crippen MR) is 73.7 cm³/mol. The van der Waals surface area contributed by atoms with Crippen LogP contribution in [0.3, 0.4) is 0 Å². The van der Waals surface area contributed by atoms with Crippen LogP contribution in [0.1, 0.15) is 13.8 Å². The fraction of sp³-hybridized carbons (Fsp3) is 0.286. The minimum Gasteiger partial charge on any atom is -0.507 e. The fourth-order valence-electron chi connectivity index (χ4n) is 1.72. The molecule has 7 nitrogen and oxygen atoms in total. The van der Waals surface area contributed by atoms with Crippen LogP contribution in [0.5, 0.6) is 11.5 Å². The minimum absolute atomic E-state index is 0.0561. The number of aromatic nitrogens is 3. The van der Waals surface area contributed by atoms with Crippen molar-refractivity contribution in [3.63, 3.8) is 0 Å². The third-order valence-electron chi connectivity index (χ3n) is 2.75. The first-order valence-corrected chi connectivity index (χ1v) is 6.17. The average molecular weight is 289 g/mol. The van der Waals surface area contributed by atoms with E-state index < -0.39 is 11.6 Å². The highest BCUT2D eigenvalue weighted by Gasteiger charge is 2.31. The zero-order valence-electron chi connectivity index (χ0n) is 11.9. The molecular weight excluding hydrogens is 274 g/mol. The molecule has 1 aromatic heterocycles. The van der Waals surface area contributed by atoms with Gasteiger partial charge in [-0.25, -0.2) is 19.7 Å². The summed E-state index contributed by atoms with van der Waals surface area (Å²) in [4.78, 5) is 23.2. The standard InChI is InChI=1S/C14H15N3O4/c1-14(2,13(19)20-3)21-9-4-5-10(11(18)6-9)12-16-7-15-8-17-12/h4-8,18H,1-3H3. The van der Waals surface area contributed by atoms with Crippen LogP contribution in [0.4, 0.5) is 0 Å². The van der Waals surface area contributed by atoms with Crippen LogP contribution in [0.25, 0.3) is 11.4 Å². The van der Waals surface area contributed by atoms with E-state index in [1.165, 1.54) is 25.8 Å². The summed E-state index contributed by atoms with van der Waals surface area (Å²) in [6.07, 6.45) is 2.68.